The van der Waals surface area contributed by atoms with Crippen LogP contribution < -0.4 is 0 Å². The maximum absolute atomic E-state index is 10.7. The van der Waals surface area contributed by atoms with E-state index in [2.05, 4.69) is 38.3 Å². The average molecular weight is 287 g/mol. The summed E-state index contributed by atoms with van der Waals surface area (Å²) in [7, 11) is -6.09. The minimum absolute atomic E-state index is 1.12. The van der Waals surface area contributed by atoms with E-state index in [9.17, 15) is 13.2 Å². The second-order valence-corrected chi connectivity index (χ2v) is 5.07. The van der Waals surface area contributed by atoms with Crippen LogP contribution in [0.25, 0.3) is 0 Å². The van der Waals surface area contributed by atoms with Gasteiger partial charge in [-0.2, -0.15) is 13.2 Å². The standard InChI is InChI=1S/C9H16N.CHF3O3S/c1-3-10(4-2)8-6-5-7-9-10;2-1(3,4)8(5,6)7/h5-8H,3-4,9H2,1-2H3;(H,5,6,7)/q+1;/p-1. The number of likely N-dealkylation sites (N-methyl/N-ethyl adjacent to an activating group) is 1. The molecule has 0 spiro atoms. The van der Waals surface area contributed by atoms with Crippen molar-refractivity contribution < 1.29 is 30.6 Å². The predicted octanol–water partition coefficient (Wildman–Crippen LogP) is 1.98. The fourth-order valence-corrected chi connectivity index (χ4v) is 1.34. The Kier molecular flexibility index (Phi) is 6.05. The third-order valence-electron chi connectivity index (χ3n) is 2.66. The van der Waals surface area contributed by atoms with Gasteiger partial charge in [0.15, 0.2) is 10.1 Å². The summed E-state index contributed by atoms with van der Waals surface area (Å²) in [6.45, 7) is 8.07. The van der Waals surface area contributed by atoms with E-state index in [4.69, 9.17) is 13.0 Å². The van der Waals surface area contributed by atoms with E-state index >= 15 is 0 Å². The molecule has 0 amide bonds. The van der Waals surface area contributed by atoms with E-state index in [0.717, 1.165) is 4.48 Å². The lowest BCUT2D eigenvalue weighted by molar-refractivity contribution is -0.870. The highest BCUT2D eigenvalue weighted by atomic mass is 32.2. The van der Waals surface area contributed by atoms with Crippen LogP contribution in [0.4, 0.5) is 13.2 Å². The Morgan fingerprint density at radius 3 is 1.83 bits per heavy atom. The van der Waals surface area contributed by atoms with E-state index in [0.29, 0.717) is 0 Å². The Bertz CT molecular complexity index is 409. The maximum atomic E-state index is 10.7. The lowest BCUT2D eigenvalue weighted by atomic mass is 10.3. The van der Waals surface area contributed by atoms with Gasteiger partial charge in [-0.1, -0.05) is 6.08 Å². The highest BCUT2D eigenvalue weighted by Gasteiger charge is 2.36. The van der Waals surface area contributed by atoms with Crippen LogP contribution in [-0.4, -0.2) is 42.6 Å². The molecule has 0 atom stereocenters. The van der Waals surface area contributed by atoms with Gasteiger partial charge in [-0.05, 0) is 26.0 Å². The van der Waals surface area contributed by atoms with Crippen LogP contribution in [0.3, 0.4) is 0 Å². The van der Waals surface area contributed by atoms with Crippen LogP contribution in [0.15, 0.2) is 24.4 Å². The number of allylic oxidation sites excluding steroid dienone is 2. The minimum Gasteiger partial charge on any atom is -0.741 e. The molecule has 0 bridgehead atoms. The van der Waals surface area contributed by atoms with Gasteiger partial charge < -0.3 is 4.55 Å². The molecule has 1 rings (SSSR count). The van der Waals surface area contributed by atoms with Gasteiger partial charge in [0.1, 0.15) is 6.54 Å². The molecule has 0 fully saturated rings. The number of hydrogen-bond donors (Lipinski definition) is 0. The number of nitrogens with zero attached hydrogens (tertiary/aromatic N) is 1. The minimum atomic E-state index is -6.09. The highest BCUT2D eigenvalue weighted by Crippen LogP contribution is 2.20. The second kappa shape index (κ2) is 6.35. The normalized spacial score (nSPS) is 18.1. The van der Waals surface area contributed by atoms with E-state index in [-0.39, 0.29) is 0 Å². The fraction of sp³-hybridized carbons (Fsp3) is 0.600. The first-order valence-corrected chi connectivity index (χ1v) is 6.71. The van der Waals surface area contributed by atoms with Crippen molar-refractivity contribution in [2.24, 2.45) is 0 Å². The molecule has 0 saturated carbocycles. The van der Waals surface area contributed by atoms with Crippen LogP contribution in [-0.2, 0) is 10.1 Å². The lowest BCUT2D eigenvalue weighted by Crippen LogP contribution is -2.43. The van der Waals surface area contributed by atoms with Crippen molar-refractivity contribution in [3.63, 3.8) is 0 Å². The summed E-state index contributed by atoms with van der Waals surface area (Å²) in [4.78, 5) is 0. The molecule has 4 nitrogen and oxygen atoms in total. The van der Waals surface area contributed by atoms with E-state index in [1.165, 1.54) is 19.6 Å². The molecule has 0 aliphatic carbocycles. The molecular weight excluding hydrogens is 271 g/mol. The monoisotopic (exact) mass is 287 g/mol. The summed E-state index contributed by atoms with van der Waals surface area (Å²) in [5.41, 5.74) is -5.65. The van der Waals surface area contributed by atoms with E-state index in [1.807, 2.05) is 0 Å². The summed E-state index contributed by atoms with van der Waals surface area (Å²) >= 11 is 0. The van der Waals surface area contributed by atoms with Crippen molar-refractivity contribution in [2.45, 2.75) is 19.4 Å². The maximum Gasteiger partial charge on any atom is 0.485 e. The number of alkyl halides is 3. The first kappa shape index (κ1) is 17.1. The Labute approximate surface area is 105 Å². The van der Waals surface area contributed by atoms with Crippen molar-refractivity contribution in [3.05, 3.63) is 24.4 Å². The summed E-state index contributed by atoms with van der Waals surface area (Å²) in [6.07, 6.45) is 8.81. The van der Waals surface area contributed by atoms with Gasteiger partial charge in [0, 0.05) is 0 Å². The summed E-state index contributed by atoms with van der Waals surface area (Å²) in [5, 5.41) is 0. The summed E-state index contributed by atoms with van der Waals surface area (Å²) in [5.74, 6) is 0. The van der Waals surface area contributed by atoms with Crippen LogP contribution in [0.1, 0.15) is 13.8 Å². The molecule has 0 aromatic rings. The van der Waals surface area contributed by atoms with Gasteiger partial charge in [0.25, 0.3) is 0 Å². The highest BCUT2D eigenvalue weighted by molar-refractivity contribution is 7.86. The second-order valence-electron chi connectivity index (χ2n) is 3.70. The zero-order valence-corrected chi connectivity index (χ0v) is 11.0. The molecule has 0 aromatic carbocycles. The quantitative estimate of drug-likeness (QED) is 0.443. The first-order valence-electron chi connectivity index (χ1n) is 5.30. The molecule has 1 aliphatic rings. The largest absolute Gasteiger partial charge is 0.741 e. The van der Waals surface area contributed by atoms with Crippen LogP contribution in [0, 0.1) is 0 Å². The van der Waals surface area contributed by atoms with Crippen molar-refractivity contribution in [3.8, 4) is 0 Å². The van der Waals surface area contributed by atoms with Crippen LogP contribution >= 0.6 is 0 Å². The van der Waals surface area contributed by atoms with Gasteiger partial charge in [-0.3, -0.25) is 4.48 Å². The molecule has 0 N–H and O–H groups in total. The molecule has 18 heavy (non-hydrogen) atoms. The predicted molar refractivity (Wildman–Crippen MR) is 60.2 cm³/mol. The van der Waals surface area contributed by atoms with Gasteiger partial charge in [0.05, 0.1) is 19.3 Å². The van der Waals surface area contributed by atoms with E-state index < -0.39 is 15.6 Å². The molecule has 1 heterocycles. The molecule has 0 aromatic heterocycles. The van der Waals surface area contributed by atoms with Crippen molar-refractivity contribution in [1.82, 2.24) is 0 Å². The Balaban J connectivity index is 0.000000331. The smallest absolute Gasteiger partial charge is 0.485 e. The summed E-state index contributed by atoms with van der Waals surface area (Å²) in [6, 6.07) is 0. The van der Waals surface area contributed by atoms with Gasteiger partial charge in [-0.25, -0.2) is 8.42 Å². The van der Waals surface area contributed by atoms with Crippen LogP contribution in [0.2, 0.25) is 0 Å². The molecule has 1 aliphatic heterocycles. The number of hydrogen-bond acceptors (Lipinski definition) is 3. The van der Waals surface area contributed by atoms with Crippen molar-refractivity contribution in [1.29, 1.82) is 0 Å². The molecular formula is C10H16F3NO3S. The molecule has 0 radical (unpaired) electrons. The molecule has 0 unspecified atom stereocenters. The lowest BCUT2D eigenvalue weighted by Gasteiger charge is -2.32. The van der Waals surface area contributed by atoms with Crippen LogP contribution in [0.5, 0.6) is 0 Å². The number of halogens is 3. The van der Waals surface area contributed by atoms with Gasteiger partial charge in [-0.15, -0.1) is 0 Å². The van der Waals surface area contributed by atoms with Crippen molar-refractivity contribution in [2.75, 3.05) is 19.6 Å². The van der Waals surface area contributed by atoms with Gasteiger partial charge in [0.2, 0.25) is 0 Å². The fourth-order valence-electron chi connectivity index (χ4n) is 1.34. The number of quaternary nitrogens is 1. The Morgan fingerprint density at radius 1 is 1.22 bits per heavy atom. The van der Waals surface area contributed by atoms with Crippen molar-refractivity contribution >= 4 is 10.1 Å². The molecule has 0 saturated heterocycles. The van der Waals surface area contributed by atoms with E-state index in [1.54, 1.807) is 0 Å². The molecule has 106 valence electrons. The third kappa shape index (κ3) is 5.19. The SMILES string of the molecule is CC[N+]1(CC)C=CC=CC1.O=S(=O)([O-])C(F)(F)F. The zero-order chi connectivity index (χ0) is 14.4. The zero-order valence-electron chi connectivity index (χ0n) is 10.1. The molecule has 8 heteroatoms. The number of rotatable bonds is 2. The third-order valence-corrected chi connectivity index (χ3v) is 3.23. The summed E-state index contributed by atoms with van der Waals surface area (Å²) < 4.78 is 60.0. The average Bonchev–Trinajstić information content (AvgIpc) is 2.28. The van der Waals surface area contributed by atoms with Gasteiger partial charge >= 0.3 is 5.51 Å². The Hall–Kier alpha value is -0.860. The first-order chi connectivity index (χ1) is 8.08. The Morgan fingerprint density at radius 2 is 1.67 bits per heavy atom. The topological polar surface area (TPSA) is 57.2 Å².